The van der Waals surface area contributed by atoms with Crippen LogP contribution in [0, 0.1) is 11.8 Å². The topological polar surface area (TPSA) is 40.5 Å². The van der Waals surface area contributed by atoms with E-state index in [1.165, 1.54) is 4.90 Å². The van der Waals surface area contributed by atoms with E-state index in [0.29, 0.717) is 12.3 Å². The van der Waals surface area contributed by atoms with Gasteiger partial charge in [-0.15, -0.1) is 0 Å². The molecule has 0 aromatic carbocycles. The minimum absolute atomic E-state index is 0.0244. The summed E-state index contributed by atoms with van der Waals surface area (Å²) in [6, 6.07) is 0. The summed E-state index contributed by atoms with van der Waals surface area (Å²) in [5.74, 6) is 0.529. The molecule has 1 fully saturated rings. The largest absolute Gasteiger partial charge is 0.417 e. The Balaban J connectivity index is 2.55. The van der Waals surface area contributed by atoms with Gasteiger partial charge in [-0.2, -0.15) is 13.2 Å². The number of alkyl halides is 3. The van der Waals surface area contributed by atoms with Crippen molar-refractivity contribution >= 4 is 5.91 Å². The second-order valence-electron chi connectivity index (χ2n) is 6.03. The van der Waals surface area contributed by atoms with Gasteiger partial charge >= 0.3 is 6.18 Å². The summed E-state index contributed by atoms with van der Waals surface area (Å²) >= 11 is 0. The van der Waals surface area contributed by atoms with E-state index in [-0.39, 0.29) is 24.9 Å². The van der Waals surface area contributed by atoms with Crippen molar-refractivity contribution in [1.29, 1.82) is 0 Å². The minimum atomic E-state index is -4.62. The molecule has 1 unspecified atom stereocenters. The van der Waals surface area contributed by atoms with Gasteiger partial charge in [-0.05, 0) is 11.8 Å². The number of carbonyl (C=O) groups excluding carboxylic acids is 1. The number of rotatable bonds is 4. The lowest BCUT2D eigenvalue weighted by atomic mass is 9.88. The molecule has 1 rings (SSSR count). The summed E-state index contributed by atoms with van der Waals surface area (Å²) in [4.78, 5) is 13.5. The van der Waals surface area contributed by atoms with Crippen LogP contribution in [0.3, 0.4) is 0 Å². The monoisotopic (exact) mass is 295 g/mol. The maximum Gasteiger partial charge on any atom is 0.417 e. The molecule has 118 valence electrons. The molecule has 0 radical (unpaired) electrons. The summed E-state index contributed by atoms with van der Waals surface area (Å²) < 4.78 is 38.0. The SMILES string of the molecule is CCC(CC(=O)N1CCC(O)(C(F)(F)F)CC1)C(C)C. The lowest BCUT2D eigenvalue weighted by molar-refractivity contribution is -0.272. The zero-order chi connectivity index (χ0) is 15.6. The van der Waals surface area contributed by atoms with Crippen LogP contribution < -0.4 is 0 Å². The van der Waals surface area contributed by atoms with Crippen molar-refractivity contribution < 1.29 is 23.1 Å². The van der Waals surface area contributed by atoms with E-state index in [0.717, 1.165) is 6.42 Å². The molecular weight excluding hydrogens is 271 g/mol. The smallest absolute Gasteiger partial charge is 0.380 e. The molecule has 0 saturated carbocycles. The lowest BCUT2D eigenvalue weighted by Crippen LogP contribution is -2.54. The third kappa shape index (κ3) is 3.87. The molecule has 1 N–H and O–H groups in total. The van der Waals surface area contributed by atoms with Gasteiger partial charge in [0.15, 0.2) is 5.60 Å². The van der Waals surface area contributed by atoms with Crippen molar-refractivity contribution in [2.45, 2.75) is 58.2 Å². The quantitative estimate of drug-likeness (QED) is 0.866. The second-order valence-corrected chi connectivity index (χ2v) is 6.03. The number of nitrogens with zero attached hydrogens (tertiary/aromatic N) is 1. The molecule has 6 heteroatoms. The first-order chi connectivity index (χ1) is 9.10. The van der Waals surface area contributed by atoms with Crippen LogP contribution in [-0.2, 0) is 4.79 Å². The van der Waals surface area contributed by atoms with Gasteiger partial charge < -0.3 is 10.0 Å². The van der Waals surface area contributed by atoms with E-state index >= 15 is 0 Å². The fourth-order valence-corrected chi connectivity index (χ4v) is 2.61. The molecule has 0 bridgehead atoms. The molecule has 0 spiro atoms. The fraction of sp³-hybridized carbons (Fsp3) is 0.929. The van der Waals surface area contributed by atoms with E-state index in [9.17, 15) is 23.1 Å². The van der Waals surface area contributed by atoms with Gasteiger partial charge in [0.2, 0.25) is 5.91 Å². The number of hydrogen-bond acceptors (Lipinski definition) is 2. The Hall–Kier alpha value is -0.780. The summed E-state index contributed by atoms with van der Waals surface area (Å²) in [6.07, 6.45) is -4.23. The van der Waals surface area contributed by atoms with Gasteiger partial charge in [-0.3, -0.25) is 4.79 Å². The van der Waals surface area contributed by atoms with Gasteiger partial charge in [0.05, 0.1) is 0 Å². The first kappa shape index (κ1) is 17.3. The summed E-state index contributed by atoms with van der Waals surface area (Å²) in [7, 11) is 0. The van der Waals surface area contributed by atoms with E-state index in [4.69, 9.17) is 0 Å². The van der Waals surface area contributed by atoms with Gasteiger partial charge in [0.1, 0.15) is 0 Å². The van der Waals surface area contributed by atoms with Crippen molar-refractivity contribution in [2.24, 2.45) is 11.8 Å². The zero-order valence-corrected chi connectivity index (χ0v) is 12.3. The molecule has 1 atom stereocenters. The Morgan fingerprint density at radius 3 is 2.15 bits per heavy atom. The first-order valence-electron chi connectivity index (χ1n) is 7.17. The molecule has 1 heterocycles. The standard InChI is InChI=1S/C14H24F3NO2/c1-4-11(10(2)3)9-12(19)18-7-5-13(20,6-8-18)14(15,16)17/h10-11,20H,4-9H2,1-3H3. The maximum absolute atomic E-state index is 12.7. The molecule has 3 nitrogen and oxygen atoms in total. The minimum Gasteiger partial charge on any atom is -0.380 e. The van der Waals surface area contributed by atoms with Crippen molar-refractivity contribution in [2.75, 3.05) is 13.1 Å². The Kier molecular flexibility index (Phi) is 5.46. The molecule has 1 aliphatic heterocycles. The van der Waals surface area contributed by atoms with Crippen LogP contribution in [0.1, 0.15) is 46.5 Å². The zero-order valence-electron chi connectivity index (χ0n) is 12.3. The van der Waals surface area contributed by atoms with Crippen LogP contribution in [-0.4, -0.2) is 40.8 Å². The van der Waals surface area contributed by atoms with E-state index in [1.54, 1.807) is 0 Å². The normalized spacial score (nSPS) is 21.1. The highest BCUT2D eigenvalue weighted by Gasteiger charge is 2.54. The van der Waals surface area contributed by atoms with E-state index in [2.05, 4.69) is 0 Å². The highest BCUT2D eigenvalue weighted by atomic mass is 19.4. The lowest BCUT2D eigenvalue weighted by Gasteiger charge is -2.39. The van der Waals surface area contributed by atoms with Gasteiger partial charge in [-0.1, -0.05) is 27.2 Å². The number of likely N-dealkylation sites (tertiary alicyclic amines) is 1. The number of hydrogen-bond donors (Lipinski definition) is 1. The highest BCUT2D eigenvalue weighted by Crippen LogP contribution is 2.38. The Bertz CT molecular complexity index is 334. The van der Waals surface area contributed by atoms with Gasteiger partial charge in [0.25, 0.3) is 0 Å². The van der Waals surface area contributed by atoms with Crippen molar-refractivity contribution in [3.8, 4) is 0 Å². The van der Waals surface area contributed by atoms with Gasteiger partial charge in [0, 0.05) is 32.4 Å². The van der Waals surface area contributed by atoms with E-state index in [1.807, 2.05) is 20.8 Å². The van der Waals surface area contributed by atoms with Crippen LogP contribution in [0.5, 0.6) is 0 Å². The highest BCUT2D eigenvalue weighted by molar-refractivity contribution is 5.76. The number of halogens is 3. The third-order valence-corrected chi connectivity index (χ3v) is 4.37. The summed E-state index contributed by atoms with van der Waals surface area (Å²) in [5, 5.41) is 9.56. The van der Waals surface area contributed by atoms with Crippen LogP contribution >= 0.6 is 0 Å². The molecule has 0 aliphatic carbocycles. The predicted molar refractivity (Wildman–Crippen MR) is 70.1 cm³/mol. The first-order valence-corrected chi connectivity index (χ1v) is 7.17. The number of aliphatic hydroxyl groups is 1. The average Bonchev–Trinajstić information content (AvgIpc) is 2.34. The Labute approximate surface area is 118 Å². The molecule has 0 aromatic heterocycles. The molecule has 1 amide bonds. The molecular formula is C14H24F3NO2. The summed E-state index contributed by atoms with van der Waals surface area (Å²) in [5.41, 5.74) is -2.63. The van der Waals surface area contributed by atoms with Crippen LogP contribution in [0.25, 0.3) is 0 Å². The third-order valence-electron chi connectivity index (χ3n) is 4.37. The molecule has 1 aliphatic rings. The molecule has 0 aromatic rings. The average molecular weight is 295 g/mol. The van der Waals surface area contributed by atoms with Crippen molar-refractivity contribution in [1.82, 2.24) is 4.90 Å². The Morgan fingerprint density at radius 2 is 1.80 bits per heavy atom. The van der Waals surface area contributed by atoms with Crippen LogP contribution in [0.4, 0.5) is 13.2 Å². The summed E-state index contributed by atoms with van der Waals surface area (Å²) in [6.45, 7) is 6.05. The van der Waals surface area contributed by atoms with Crippen molar-refractivity contribution in [3.63, 3.8) is 0 Å². The number of carbonyl (C=O) groups is 1. The number of amides is 1. The number of piperidine rings is 1. The van der Waals surface area contributed by atoms with E-state index < -0.39 is 24.6 Å². The van der Waals surface area contributed by atoms with Gasteiger partial charge in [-0.25, -0.2) is 0 Å². The van der Waals surface area contributed by atoms with Crippen molar-refractivity contribution in [3.05, 3.63) is 0 Å². The predicted octanol–water partition coefficient (Wildman–Crippen LogP) is 2.97. The Morgan fingerprint density at radius 1 is 1.30 bits per heavy atom. The van der Waals surface area contributed by atoms with Crippen LogP contribution in [0.2, 0.25) is 0 Å². The second kappa shape index (κ2) is 6.33. The molecule has 1 saturated heterocycles. The van der Waals surface area contributed by atoms with Crippen LogP contribution in [0.15, 0.2) is 0 Å². The fourth-order valence-electron chi connectivity index (χ4n) is 2.61. The maximum atomic E-state index is 12.7. The molecule has 20 heavy (non-hydrogen) atoms.